The molecule has 0 radical (unpaired) electrons. The van der Waals surface area contributed by atoms with Gasteiger partial charge in [-0.2, -0.15) is 0 Å². The summed E-state index contributed by atoms with van der Waals surface area (Å²) >= 11 is 1.19. The summed E-state index contributed by atoms with van der Waals surface area (Å²) in [6.45, 7) is 4.04. The number of hydrogen-bond donors (Lipinski definition) is 2. The number of nitrogens with one attached hydrogen (secondary N) is 2. The molecule has 28 heavy (non-hydrogen) atoms. The molecule has 0 fully saturated rings. The maximum atomic E-state index is 13.3. The number of urea groups is 1. The second-order valence-electron chi connectivity index (χ2n) is 6.27. The zero-order chi connectivity index (χ0) is 19.7. The Balaban J connectivity index is 1.50. The first-order valence-corrected chi connectivity index (χ1v) is 9.32. The van der Waals surface area contributed by atoms with Gasteiger partial charge in [0.15, 0.2) is 11.0 Å². The van der Waals surface area contributed by atoms with Crippen molar-refractivity contribution in [3.63, 3.8) is 0 Å². The normalized spacial score (nSPS) is 11.1. The van der Waals surface area contributed by atoms with Crippen LogP contribution in [0.15, 0.2) is 42.7 Å². The van der Waals surface area contributed by atoms with Crippen molar-refractivity contribution in [3.8, 4) is 11.5 Å². The SMILES string of the molecule is CC(C)n1cnnc1-c1cccc(NC(=O)Nc2nc3ccc(F)cc3s2)n1. The summed E-state index contributed by atoms with van der Waals surface area (Å²) < 4.78 is 15.8. The summed E-state index contributed by atoms with van der Waals surface area (Å²) in [4.78, 5) is 21.0. The highest BCUT2D eigenvalue weighted by Gasteiger charge is 2.13. The van der Waals surface area contributed by atoms with Crippen LogP contribution in [0.4, 0.5) is 20.1 Å². The lowest BCUT2D eigenvalue weighted by molar-refractivity contribution is 0.262. The quantitative estimate of drug-likeness (QED) is 0.535. The van der Waals surface area contributed by atoms with Gasteiger partial charge in [-0.15, -0.1) is 10.2 Å². The molecule has 0 saturated heterocycles. The molecule has 0 spiro atoms. The van der Waals surface area contributed by atoms with Crippen molar-refractivity contribution in [2.45, 2.75) is 19.9 Å². The molecule has 0 saturated carbocycles. The molecule has 4 aromatic rings. The van der Waals surface area contributed by atoms with E-state index in [2.05, 4.69) is 30.8 Å². The highest BCUT2D eigenvalue weighted by atomic mass is 32.1. The van der Waals surface area contributed by atoms with E-state index in [1.807, 2.05) is 18.4 Å². The van der Waals surface area contributed by atoms with E-state index in [0.29, 0.717) is 32.7 Å². The van der Waals surface area contributed by atoms with Gasteiger partial charge in [0.25, 0.3) is 0 Å². The minimum atomic E-state index is -0.491. The second kappa shape index (κ2) is 7.31. The molecule has 0 aliphatic rings. The molecule has 0 atom stereocenters. The molecule has 0 aliphatic heterocycles. The molecule has 3 heterocycles. The van der Waals surface area contributed by atoms with Crippen molar-refractivity contribution in [1.82, 2.24) is 24.7 Å². The van der Waals surface area contributed by atoms with Crippen LogP contribution in [-0.4, -0.2) is 30.8 Å². The Labute approximate surface area is 163 Å². The highest BCUT2D eigenvalue weighted by molar-refractivity contribution is 7.22. The van der Waals surface area contributed by atoms with E-state index in [-0.39, 0.29) is 11.9 Å². The monoisotopic (exact) mass is 397 g/mol. The molecule has 0 unspecified atom stereocenters. The molecule has 10 heteroatoms. The number of benzene rings is 1. The number of fused-ring (bicyclic) bond motifs is 1. The van der Waals surface area contributed by atoms with Gasteiger partial charge < -0.3 is 4.57 Å². The number of carbonyl (C=O) groups excluding carboxylic acids is 1. The van der Waals surface area contributed by atoms with E-state index in [4.69, 9.17) is 0 Å². The van der Waals surface area contributed by atoms with E-state index in [0.717, 1.165) is 0 Å². The predicted octanol–water partition coefficient (Wildman–Crippen LogP) is 4.31. The first-order chi connectivity index (χ1) is 13.5. The lowest BCUT2D eigenvalue weighted by Gasteiger charge is -2.10. The molecular weight excluding hydrogens is 381 g/mol. The molecule has 4 rings (SSSR count). The smallest absolute Gasteiger partial charge is 0.310 e. The Morgan fingerprint density at radius 3 is 2.86 bits per heavy atom. The van der Waals surface area contributed by atoms with E-state index < -0.39 is 6.03 Å². The van der Waals surface area contributed by atoms with Crippen molar-refractivity contribution in [3.05, 3.63) is 48.5 Å². The molecule has 1 aromatic carbocycles. The molecular formula is C18H16FN7OS. The maximum absolute atomic E-state index is 13.3. The zero-order valence-electron chi connectivity index (χ0n) is 15.0. The summed E-state index contributed by atoms with van der Waals surface area (Å²) in [5.74, 6) is 0.634. The molecule has 2 amide bonds. The summed E-state index contributed by atoms with van der Waals surface area (Å²) in [5, 5.41) is 13.7. The summed E-state index contributed by atoms with van der Waals surface area (Å²) in [6, 6.07) is 9.22. The number of pyridine rings is 1. The average molecular weight is 397 g/mol. The van der Waals surface area contributed by atoms with Gasteiger partial charge in [0.1, 0.15) is 23.7 Å². The van der Waals surface area contributed by atoms with Crippen LogP contribution in [0.3, 0.4) is 0 Å². The molecule has 3 aromatic heterocycles. The van der Waals surface area contributed by atoms with Crippen molar-refractivity contribution in [1.29, 1.82) is 0 Å². The summed E-state index contributed by atoms with van der Waals surface area (Å²) in [7, 11) is 0. The fourth-order valence-corrected chi connectivity index (χ4v) is 3.52. The van der Waals surface area contributed by atoms with E-state index in [9.17, 15) is 9.18 Å². The fraction of sp³-hybridized carbons (Fsp3) is 0.167. The lowest BCUT2D eigenvalue weighted by Crippen LogP contribution is -2.20. The van der Waals surface area contributed by atoms with E-state index in [1.165, 1.54) is 23.5 Å². The predicted molar refractivity (Wildman–Crippen MR) is 106 cm³/mol. The number of nitrogens with zero attached hydrogens (tertiary/aromatic N) is 5. The summed E-state index contributed by atoms with van der Waals surface area (Å²) in [5.41, 5.74) is 1.22. The van der Waals surface area contributed by atoms with Crippen LogP contribution in [-0.2, 0) is 0 Å². The number of thiazole rings is 1. The van der Waals surface area contributed by atoms with Crippen LogP contribution < -0.4 is 10.6 Å². The van der Waals surface area contributed by atoms with Crippen LogP contribution in [0.5, 0.6) is 0 Å². The van der Waals surface area contributed by atoms with Gasteiger partial charge >= 0.3 is 6.03 Å². The van der Waals surface area contributed by atoms with Crippen LogP contribution in [0, 0.1) is 5.82 Å². The lowest BCUT2D eigenvalue weighted by atomic mass is 10.3. The first kappa shape index (κ1) is 18.0. The number of aromatic nitrogens is 5. The van der Waals surface area contributed by atoms with Crippen molar-refractivity contribution >= 4 is 38.5 Å². The number of anilines is 2. The van der Waals surface area contributed by atoms with Crippen LogP contribution in [0.25, 0.3) is 21.7 Å². The van der Waals surface area contributed by atoms with Crippen molar-refractivity contribution in [2.24, 2.45) is 0 Å². The zero-order valence-corrected chi connectivity index (χ0v) is 15.9. The van der Waals surface area contributed by atoms with Gasteiger partial charge in [-0.05, 0) is 44.2 Å². The second-order valence-corrected chi connectivity index (χ2v) is 7.30. The van der Waals surface area contributed by atoms with Gasteiger partial charge in [0.05, 0.1) is 10.2 Å². The Bertz CT molecular complexity index is 1150. The van der Waals surface area contributed by atoms with Gasteiger partial charge in [0.2, 0.25) is 0 Å². The van der Waals surface area contributed by atoms with E-state index >= 15 is 0 Å². The third-order valence-corrected chi connectivity index (χ3v) is 4.85. The minimum Gasteiger partial charge on any atom is -0.310 e. The summed E-state index contributed by atoms with van der Waals surface area (Å²) in [6.07, 6.45) is 1.64. The first-order valence-electron chi connectivity index (χ1n) is 8.50. The third-order valence-electron chi connectivity index (χ3n) is 3.92. The standard InChI is InChI=1S/C18H16FN7OS/c1-10(2)26-9-20-25-16(26)13-4-3-5-15(21-13)23-17(27)24-18-22-12-7-6-11(19)8-14(12)28-18/h3-10H,1-2H3,(H2,21,22,23,24,27). The van der Waals surface area contributed by atoms with Crippen LogP contribution in [0.1, 0.15) is 19.9 Å². The molecule has 0 aliphatic carbocycles. The topological polar surface area (TPSA) is 97.6 Å². The average Bonchev–Trinajstić information content (AvgIpc) is 3.28. The van der Waals surface area contributed by atoms with Crippen molar-refractivity contribution in [2.75, 3.05) is 10.6 Å². The Morgan fingerprint density at radius 2 is 2.04 bits per heavy atom. The minimum absolute atomic E-state index is 0.176. The molecule has 8 nitrogen and oxygen atoms in total. The van der Waals surface area contributed by atoms with E-state index in [1.54, 1.807) is 30.6 Å². The van der Waals surface area contributed by atoms with Gasteiger partial charge in [-0.1, -0.05) is 17.4 Å². The number of amides is 2. The number of rotatable bonds is 4. The van der Waals surface area contributed by atoms with Gasteiger partial charge in [0, 0.05) is 6.04 Å². The number of hydrogen-bond acceptors (Lipinski definition) is 6. The highest BCUT2D eigenvalue weighted by Crippen LogP contribution is 2.26. The number of carbonyl (C=O) groups is 1. The maximum Gasteiger partial charge on any atom is 0.326 e. The largest absolute Gasteiger partial charge is 0.326 e. The Hall–Kier alpha value is -3.40. The van der Waals surface area contributed by atoms with Crippen molar-refractivity contribution < 1.29 is 9.18 Å². The van der Waals surface area contributed by atoms with Crippen LogP contribution in [0.2, 0.25) is 0 Å². The van der Waals surface area contributed by atoms with Gasteiger partial charge in [-0.3, -0.25) is 10.6 Å². The van der Waals surface area contributed by atoms with Crippen LogP contribution >= 0.6 is 11.3 Å². The molecule has 0 bridgehead atoms. The number of halogens is 1. The van der Waals surface area contributed by atoms with Gasteiger partial charge in [-0.25, -0.2) is 19.2 Å². The molecule has 142 valence electrons. The Kier molecular flexibility index (Phi) is 4.70. The Morgan fingerprint density at radius 1 is 1.18 bits per heavy atom. The third kappa shape index (κ3) is 3.67. The fourth-order valence-electron chi connectivity index (χ4n) is 2.63. The molecule has 2 N–H and O–H groups in total.